The molecule has 3 N–H and O–H groups in total. The van der Waals surface area contributed by atoms with E-state index in [-0.39, 0.29) is 5.91 Å². The van der Waals surface area contributed by atoms with Crippen LogP contribution in [0.3, 0.4) is 0 Å². The molecule has 1 aromatic carbocycles. The van der Waals surface area contributed by atoms with E-state index in [2.05, 4.69) is 21.2 Å². The molecule has 1 aliphatic carbocycles. The molecule has 98 valence electrons. The molecule has 0 aromatic heterocycles. The number of anilines is 1. The van der Waals surface area contributed by atoms with E-state index < -0.39 is 0 Å². The smallest absolute Gasteiger partial charge is 0.230 e. The maximum atomic E-state index is 11.8. The summed E-state index contributed by atoms with van der Waals surface area (Å²) in [4.78, 5) is 12.8. The standard InChI is InChI=1S/C13H17BrN2OS/c14-11-7-9(15)5-6-12(11)18-8-13(17)16-10-3-1-2-4-10/h5-7,10H,1-4,8,15H2,(H,16,17). The number of nitrogens with two attached hydrogens (primary N) is 1. The van der Waals surface area contributed by atoms with Gasteiger partial charge in [0.05, 0.1) is 5.75 Å². The Bertz CT molecular complexity index is 433. The number of carbonyl (C=O) groups is 1. The molecule has 1 fully saturated rings. The van der Waals surface area contributed by atoms with Gasteiger partial charge < -0.3 is 11.1 Å². The lowest BCUT2D eigenvalue weighted by Gasteiger charge is -2.11. The van der Waals surface area contributed by atoms with Crippen LogP contribution in [0.4, 0.5) is 5.69 Å². The topological polar surface area (TPSA) is 55.1 Å². The van der Waals surface area contributed by atoms with E-state index in [0.717, 1.165) is 27.9 Å². The molecule has 5 heteroatoms. The van der Waals surface area contributed by atoms with Crippen molar-refractivity contribution in [3.63, 3.8) is 0 Å². The van der Waals surface area contributed by atoms with Crippen LogP contribution < -0.4 is 11.1 Å². The van der Waals surface area contributed by atoms with Crippen molar-refractivity contribution in [1.29, 1.82) is 0 Å². The summed E-state index contributed by atoms with van der Waals surface area (Å²) in [7, 11) is 0. The first-order valence-electron chi connectivity index (χ1n) is 6.12. The van der Waals surface area contributed by atoms with Crippen molar-refractivity contribution < 1.29 is 4.79 Å². The number of nitrogens with one attached hydrogen (secondary N) is 1. The van der Waals surface area contributed by atoms with Gasteiger partial charge in [-0.25, -0.2) is 0 Å². The zero-order valence-electron chi connectivity index (χ0n) is 10.1. The van der Waals surface area contributed by atoms with Gasteiger partial charge in [0.2, 0.25) is 5.91 Å². The van der Waals surface area contributed by atoms with E-state index in [9.17, 15) is 4.79 Å². The molecule has 0 atom stereocenters. The maximum absolute atomic E-state index is 11.8. The summed E-state index contributed by atoms with van der Waals surface area (Å²) in [6, 6.07) is 6.04. The lowest BCUT2D eigenvalue weighted by Crippen LogP contribution is -2.33. The highest BCUT2D eigenvalue weighted by Crippen LogP contribution is 2.29. The van der Waals surface area contributed by atoms with Crippen LogP contribution in [0.25, 0.3) is 0 Å². The predicted molar refractivity (Wildman–Crippen MR) is 79.7 cm³/mol. The number of benzene rings is 1. The predicted octanol–water partition coefficient (Wildman–Crippen LogP) is 3.18. The van der Waals surface area contributed by atoms with Gasteiger partial charge in [0.15, 0.2) is 0 Å². The van der Waals surface area contributed by atoms with Gasteiger partial charge in [-0.3, -0.25) is 4.79 Å². The van der Waals surface area contributed by atoms with Crippen molar-refractivity contribution in [2.45, 2.75) is 36.6 Å². The monoisotopic (exact) mass is 328 g/mol. The highest BCUT2D eigenvalue weighted by molar-refractivity contribution is 9.10. The number of nitrogen functional groups attached to an aromatic ring is 1. The first-order valence-corrected chi connectivity index (χ1v) is 7.90. The van der Waals surface area contributed by atoms with E-state index in [1.54, 1.807) is 0 Å². The van der Waals surface area contributed by atoms with Crippen LogP contribution in [-0.2, 0) is 4.79 Å². The third-order valence-electron chi connectivity index (χ3n) is 3.03. The minimum absolute atomic E-state index is 0.121. The summed E-state index contributed by atoms with van der Waals surface area (Å²) < 4.78 is 0.946. The first-order chi connectivity index (χ1) is 8.65. The molecule has 0 radical (unpaired) electrons. The highest BCUT2D eigenvalue weighted by atomic mass is 79.9. The van der Waals surface area contributed by atoms with Crippen LogP contribution in [0.5, 0.6) is 0 Å². The number of rotatable bonds is 4. The van der Waals surface area contributed by atoms with Gasteiger partial charge in [-0.15, -0.1) is 11.8 Å². The molecule has 18 heavy (non-hydrogen) atoms. The van der Waals surface area contributed by atoms with Crippen molar-refractivity contribution in [3.8, 4) is 0 Å². The molecular weight excluding hydrogens is 312 g/mol. The zero-order valence-corrected chi connectivity index (χ0v) is 12.5. The summed E-state index contributed by atoms with van der Waals surface area (Å²) >= 11 is 4.99. The van der Waals surface area contributed by atoms with Gasteiger partial charge in [0, 0.05) is 21.1 Å². The number of hydrogen-bond donors (Lipinski definition) is 2. The van der Waals surface area contributed by atoms with Crippen LogP contribution in [-0.4, -0.2) is 17.7 Å². The van der Waals surface area contributed by atoms with Crippen molar-refractivity contribution in [1.82, 2.24) is 5.32 Å². The molecule has 0 bridgehead atoms. The Morgan fingerprint density at radius 2 is 2.17 bits per heavy atom. The lowest BCUT2D eigenvalue weighted by atomic mass is 10.2. The average molecular weight is 329 g/mol. The molecule has 1 aliphatic rings. The van der Waals surface area contributed by atoms with Gasteiger partial charge >= 0.3 is 0 Å². The maximum Gasteiger partial charge on any atom is 0.230 e. The fourth-order valence-electron chi connectivity index (χ4n) is 2.12. The van der Waals surface area contributed by atoms with E-state index in [1.165, 1.54) is 24.6 Å². The molecule has 0 spiro atoms. The molecular formula is C13H17BrN2OS. The number of hydrogen-bond acceptors (Lipinski definition) is 3. The summed E-state index contributed by atoms with van der Waals surface area (Å²) in [5.41, 5.74) is 6.40. The second-order valence-corrected chi connectivity index (χ2v) is 6.40. The van der Waals surface area contributed by atoms with E-state index in [4.69, 9.17) is 5.73 Å². The largest absolute Gasteiger partial charge is 0.399 e. The number of carbonyl (C=O) groups excluding carboxylic acids is 1. The van der Waals surface area contributed by atoms with E-state index in [1.807, 2.05) is 18.2 Å². The Balaban J connectivity index is 1.81. The molecule has 0 unspecified atom stereocenters. The fourth-order valence-corrected chi connectivity index (χ4v) is 3.59. The van der Waals surface area contributed by atoms with Gasteiger partial charge in [0.25, 0.3) is 0 Å². The summed E-state index contributed by atoms with van der Waals surface area (Å²) in [5, 5.41) is 3.08. The third-order valence-corrected chi connectivity index (χ3v) is 5.03. The lowest BCUT2D eigenvalue weighted by molar-refractivity contribution is -0.119. The first kappa shape index (κ1) is 13.7. The van der Waals surface area contributed by atoms with Crippen LogP contribution in [0.1, 0.15) is 25.7 Å². The normalized spacial score (nSPS) is 15.8. The van der Waals surface area contributed by atoms with Crippen LogP contribution >= 0.6 is 27.7 Å². The molecule has 1 aromatic rings. The molecule has 0 saturated heterocycles. The second kappa shape index (κ2) is 6.48. The number of thioether (sulfide) groups is 1. The van der Waals surface area contributed by atoms with Crippen molar-refractivity contribution in [2.75, 3.05) is 11.5 Å². The Kier molecular flexibility index (Phi) is 4.95. The minimum atomic E-state index is 0.121. The van der Waals surface area contributed by atoms with Crippen molar-refractivity contribution in [2.24, 2.45) is 0 Å². The molecule has 1 saturated carbocycles. The summed E-state index contributed by atoms with van der Waals surface area (Å²) in [6.07, 6.45) is 4.73. The zero-order chi connectivity index (χ0) is 13.0. The SMILES string of the molecule is Nc1ccc(SCC(=O)NC2CCCC2)c(Br)c1. The Morgan fingerprint density at radius 3 is 2.83 bits per heavy atom. The van der Waals surface area contributed by atoms with Gasteiger partial charge in [-0.2, -0.15) is 0 Å². The average Bonchev–Trinajstić information content (AvgIpc) is 2.80. The van der Waals surface area contributed by atoms with Crippen LogP contribution in [0.15, 0.2) is 27.6 Å². The Hall–Kier alpha value is -0.680. The minimum Gasteiger partial charge on any atom is -0.399 e. The molecule has 3 nitrogen and oxygen atoms in total. The highest BCUT2D eigenvalue weighted by Gasteiger charge is 2.17. The van der Waals surface area contributed by atoms with Crippen LogP contribution in [0, 0.1) is 0 Å². The van der Waals surface area contributed by atoms with Crippen molar-refractivity contribution >= 4 is 39.3 Å². The number of halogens is 1. The van der Waals surface area contributed by atoms with E-state index >= 15 is 0 Å². The fraction of sp³-hybridized carbons (Fsp3) is 0.462. The molecule has 0 heterocycles. The van der Waals surface area contributed by atoms with Gasteiger partial charge in [0.1, 0.15) is 0 Å². The number of amides is 1. The Labute approximate surface area is 120 Å². The summed E-state index contributed by atoms with van der Waals surface area (Å²) in [5.74, 6) is 0.578. The van der Waals surface area contributed by atoms with Gasteiger partial charge in [-0.05, 0) is 47.0 Å². The van der Waals surface area contributed by atoms with Crippen molar-refractivity contribution in [3.05, 3.63) is 22.7 Å². The molecule has 2 rings (SSSR count). The van der Waals surface area contributed by atoms with E-state index in [0.29, 0.717) is 11.8 Å². The Morgan fingerprint density at radius 1 is 1.44 bits per heavy atom. The third kappa shape index (κ3) is 3.92. The molecule has 1 amide bonds. The van der Waals surface area contributed by atoms with Gasteiger partial charge in [-0.1, -0.05) is 12.8 Å². The quantitative estimate of drug-likeness (QED) is 0.659. The summed E-state index contributed by atoms with van der Waals surface area (Å²) in [6.45, 7) is 0. The molecule has 0 aliphatic heterocycles. The van der Waals surface area contributed by atoms with Crippen LogP contribution in [0.2, 0.25) is 0 Å². The second-order valence-electron chi connectivity index (χ2n) is 4.53.